The molecule has 30 heavy (non-hydrogen) atoms. The third-order valence-corrected chi connectivity index (χ3v) is 5.50. The zero-order chi connectivity index (χ0) is 21.1. The molecule has 2 N–H and O–H groups in total. The topological polar surface area (TPSA) is 106 Å². The lowest BCUT2D eigenvalue weighted by atomic mass is 9.93. The predicted molar refractivity (Wildman–Crippen MR) is 113 cm³/mol. The second-order valence-corrected chi connectivity index (χ2v) is 7.63. The Kier molecular flexibility index (Phi) is 5.62. The zero-order valence-electron chi connectivity index (χ0n) is 16.5. The van der Waals surface area contributed by atoms with Crippen molar-refractivity contribution in [1.82, 2.24) is 10.4 Å². The van der Waals surface area contributed by atoms with Gasteiger partial charge in [-0.25, -0.2) is 10.4 Å². The number of ether oxygens (including phenoxy) is 1. The average molecular weight is 424 g/mol. The van der Waals surface area contributed by atoms with E-state index in [2.05, 4.69) is 20.8 Å². The lowest BCUT2D eigenvalue weighted by molar-refractivity contribution is 0.0953. The highest BCUT2D eigenvalue weighted by molar-refractivity contribution is 7.13. The summed E-state index contributed by atoms with van der Waals surface area (Å²) < 4.78 is 11.0. The average Bonchev–Trinajstić information content (AvgIpc) is 3.40. The number of fused-ring (bicyclic) bond motifs is 1. The maximum atomic E-state index is 12.6. The molecule has 4 rings (SSSR count). The zero-order valence-corrected chi connectivity index (χ0v) is 17.3. The third-order valence-electron chi connectivity index (χ3n) is 4.81. The Balaban J connectivity index is 1.56. The lowest BCUT2D eigenvalue weighted by Crippen LogP contribution is -2.22. The number of amides is 2. The van der Waals surface area contributed by atoms with Crippen LogP contribution in [0.25, 0.3) is 0 Å². The van der Waals surface area contributed by atoms with Crippen molar-refractivity contribution in [1.29, 1.82) is 0 Å². The highest BCUT2D eigenvalue weighted by atomic mass is 32.1. The van der Waals surface area contributed by atoms with Gasteiger partial charge in [0.2, 0.25) is 0 Å². The number of hydrazone groups is 1. The van der Waals surface area contributed by atoms with Gasteiger partial charge in [0.25, 0.3) is 11.8 Å². The first-order chi connectivity index (χ1) is 14.6. The molecule has 0 saturated carbocycles. The van der Waals surface area contributed by atoms with Gasteiger partial charge in [0, 0.05) is 34.7 Å². The number of hydrogen-bond donors (Lipinski definition) is 2. The molecular formula is C21H20N4O4S. The number of nitrogens with one attached hydrogen (secondary N) is 2. The standard InChI is InChI=1S/C21H20N4O4S/c1-12-17-15(24-25-19(26)13-5-3-6-14(11-13)28-2)7-4-8-16(17)29-18(12)20(27)23-21-22-9-10-30-21/h3,5-6,9-11H,4,7-8H2,1-2H3,(H,25,26)(H,22,23,27)/b24-15+. The fourth-order valence-corrected chi connectivity index (χ4v) is 3.91. The van der Waals surface area contributed by atoms with Gasteiger partial charge in [-0.2, -0.15) is 5.10 Å². The number of carbonyl (C=O) groups is 2. The number of aromatic nitrogens is 1. The van der Waals surface area contributed by atoms with E-state index in [9.17, 15) is 9.59 Å². The number of hydrogen-bond acceptors (Lipinski definition) is 7. The molecule has 0 saturated heterocycles. The molecule has 2 aromatic heterocycles. The number of nitrogens with zero attached hydrogens (tertiary/aromatic N) is 2. The maximum absolute atomic E-state index is 12.6. The minimum atomic E-state index is -0.350. The number of benzene rings is 1. The lowest BCUT2D eigenvalue weighted by Gasteiger charge is -2.13. The summed E-state index contributed by atoms with van der Waals surface area (Å²) in [6.45, 7) is 1.82. The van der Waals surface area contributed by atoms with Crippen LogP contribution in [0.2, 0.25) is 0 Å². The SMILES string of the molecule is COc1cccc(C(=O)N/N=C2\CCCc3oc(C(=O)Nc4nccs4)c(C)c32)c1. The predicted octanol–water partition coefficient (Wildman–Crippen LogP) is 3.78. The van der Waals surface area contributed by atoms with Crippen LogP contribution in [-0.2, 0) is 6.42 Å². The van der Waals surface area contributed by atoms with E-state index in [-0.39, 0.29) is 17.6 Å². The number of thiazole rings is 1. The summed E-state index contributed by atoms with van der Waals surface area (Å²) in [7, 11) is 1.55. The second kappa shape index (κ2) is 8.50. The highest BCUT2D eigenvalue weighted by Gasteiger charge is 2.28. The fourth-order valence-electron chi connectivity index (χ4n) is 3.38. The van der Waals surface area contributed by atoms with Crippen LogP contribution in [0.15, 0.2) is 45.4 Å². The van der Waals surface area contributed by atoms with Crippen LogP contribution in [0.3, 0.4) is 0 Å². The second-order valence-electron chi connectivity index (χ2n) is 6.73. The molecule has 2 heterocycles. The van der Waals surface area contributed by atoms with Gasteiger partial charge in [0.1, 0.15) is 11.5 Å². The monoisotopic (exact) mass is 424 g/mol. The smallest absolute Gasteiger partial charge is 0.293 e. The molecule has 1 aromatic carbocycles. The van der Waals surface area contributed by atoms with Gasteiger partial charge in [-0.15, -0.1) is 11.3 Å². The van der Waals surface area contributed by atoms with Crippen LogP contribution in [0.5, 0.6) is 5.75 Å². The summed E-state index contributed by atoms with van der Waals surface area (Å²) in [4.78, 5) is 29.1. The molecule has 0 fully saturated rings. The minimum absolute atomic E-state index is 0.240. The molecule has 1 aliphatic carbocycles. The molecule has 0 bridgehead atoms. The van der Waals surface area contributed by atoms with Crippen LogP contribution in [0.1, 0.15) is 50.6 Å². The molecule has 154 valence electrons. The molecule has 0 spiro atoms. The van der Waals surface area contributed by atoms with Crippen LogP contribution in [0.4, 0.5) is 5.13 Å². The summed E-state index contributed by atoms with van der Waals surface area (Å²) in [5, 5.41) is 9.37. The van der Waals surface area contributed by atoms with E-state index >= 15 is 0 Å². The minimum Gasteiger partial charge on any atom is -0.497 e. The first-order valence-electron chi connectivity index (χ1n) is 9.41. The summed E-state index contributed by atoms with van der Waals surface area (Å²) >= 11 is 1.33. The Morgan fingerprint density at radius 3 is 2.90 bits per heavy atom. The van der Waals surface area contributed by atoms with Gasteiger partial charge < -0.3 is 9.15 Å². The van der Waals surface area contributed by atoms with Crippen LogP contribution in [-0.4, -0.2) is 29.6 Å². The van der Waals surface area contributed by atoms with Gasteiger partial charge in [0.05, 0.1) is 12.8 Å². The van der Waals surface area contributed by atoms with E-state index in [0.717, 1.165) is 12.0 Å². The Hall–Kier alpha value is -3.46. The van der Waals surface area contributed by atoms with E-state index in [0.29, 0.717) is 46.3 Å². The van der Waals surface area contributed by atoms with E-state index < -0.39 is 0 Å². The number of methoxy groups -OCH3 is 1. The van der Waals surface area contributed by atoms with Crippen molar-refractivity contribution in [3.63, 3.8) is 0 Å². The fraction of sp³-hybridized carbons (Fsp3) is 0.238. The van der Waals surface area contributed by atoms with E-state index in [4.69, 9.17) is 9.15 Å². The van der Waals surface area contributed by atoms with Gasteiger partial charge in [-0.3, -0.25) is 14.9 Å². The van der Waals surface area contributed by atoms with Crippen LogP contribution >= 0.6 is 11.3 Å². The normalized spacial score (nSPS) is 14.3. The van der Waals surface area contributed by atoms with Crippen molar-refractivity contribution in [2.45, 2.75) is 26.2 Å². The van der Waals surface area contributed by atoms with E-state index in [1.165, 1.54) is 11.3 Å². The summed E-state index contributed by atoms with van der Waals surface area (Å²) in [5.74, 6) is 0.853. The van der Waals surface area contributed by atoms with Crippen LogP contribution < -0.4 is 15.5 Å². The number of aryl methyl sites for hydroxylation is 1. The molecular weight excluding hydrogens is 404 g/mol. The number of furan rings is 1. The molecule has 3 aromatic rings. The van der Waals surface area contributed by atoms with Gasteiger partial charge in [-0.05, 0) is 38.0 Å². The molecule has 0 aliphatic heterocycles. The molecule has 2 amide bonds. The molecule has 8 nitrogen and oxygen atoms in total. The Morgan fingerprint density at radius 2 is 2.13 bits per heavy atom. The summed E-state index contributed by atoms with van der Waals surface area (Å²) in [6.07, 6.45) is 3.83. The van der Waals surface area contributed by atoms with Crippen molar-refractivity contribution < 1.29 is 18.7 Å². The molecule has 9 heteroatoms. The van der Waals surface area contributed by atoms with Gasteiger partial charge in [-0.1, -0.05) is 6.07 Å². The Bertz CT molecular complexity index is 1120. The summed E-state index contributed by atoms with van der Waals surface area (Å²) in [5.41, 5.74) is 5.24. The Labute approximate surface area is 177 Å². The van der Waals surface area contributed by atoms with Crippen molar-refractivity contribution in [2.24, 2.45) is 5.10 Å². The van der Waals surface area contributed by atoms with E-state index in [1.54, 1.807) is 43.0 Å². The maximum Gasteiger partial charge on any atom is 0.293 e. The van der Waals surface area contributed by atoms with Crippen molar-refractivity contribution >= 4 is 34.0 Å². The van der Waals surface area contributed by atoms with Gasteiger partial charge >= 0.3 is 0 Å². The quantitative estimate of drug-likeness (QED) is 0.607. The number of rotatable bonds is 5. The van der Waals surface area contributed by atoms with Crippen molar-refractivity contribution in [3.05, 3.63) is 64.1 Å². The Morgan fingerprint density at radius 1 is 1.27 bits per heavy atom. The first kappa shape index (κ1) is 19.8. The summed E-state index contributed by atoms with van der Waals surface area (Å²) in [6, 6.07) is 6.84. The van der Waals surface area contributed by atoms with Crippen molar-refractivity contribution in [3.8, 4) is 5.75 Å². The third kappa shape index (κ3) is 3.97. The number of carbonyl (C=O) groups excluding carboxylic acids is 2. The van der Waals surface area contributed by atoms with Crippen molar-refractivity contribution in [2.75, 3.05) is 12.4 Å². The largest absolute Gasteiger partial charge is 0.497 e. The van der Waals surface area contributed by atoms with Crippen LogP contribution in [0, 0.1) is 6.92 Å². The van der Waals surface area contributed by atoms with E-state index in [1.807, 2.05) is 6.92 Å². The number of anilines is 1. The first-order valence-corrected chi connectivity index (χ1v) is 10.3. The molecule has 0 radical (unpaired) electrons. The van der Waals surface area contributed by atoms with Gasteiger partial charge in [0.15, 0.2) is 10.9 Å². The highest BCUT2D eigenvalue weighted by Crippen LogP contribution is 2.30. The molecule has 0 unspecified atom stereocenters. The molecule has 0 atom stereocenters. The molecule has 1 aliphatic rings.